The number of rotatable bonds is 7. The topological polar surface area (TPSA) is 49.8 Å². The molecule has 0 aliphatic carbocycles. The Hall–Kier alpha value is -1.55. The first kappa shape index (κ1) is 16.5. The van der Waals surface area contributed by atoms with Crippen molar-refractivity contribution >= 4 is 5.91 Å². The molecule has 0 bridgehead atoms. The highest BCUT2D eigenvalue weighted by atomic mass is 16.5. The lowest BCUT2D eigenvalue weighted by molar-refractivity contribution is -0.132. The van der Waals surface area contributed by atoms with Gasteiger partial charge in [0.1, 0.15) is 5.75 Å². The largest absolute Gasteiger partial charge is 0.484 e. The van der Waals surface area contributed by atoms with Crippen molar-refractivity contribution in [3.05, 3.63) is 29.8 Å². The fourth-order valence-corrected chi connectivity index (χ4v) is 1.71. The maximum atomic E-state index is 11.8. The van der Waals surface area contributed by atoms with Crippen LogP contribution in [0.2, 0.25) is 0 Å². The van der Waals surface area contributed by atoms with E-state index in [0.29, 0.717) is 24.6 Å². The van der Waals surface area contributed by atoms with Crippen molar-refractivity contribution in [3.63, 3.8) is 0 Å². The Morgan fingerprint density at radius 3 is 2.35 bits per heavy atom. The highest BCUT2D eigenvalue weighted by molar-refractivity contribution is 5.77. The van der Waals surface area contributed by atoms with Gasteiger partial charge in [-0.3, -0.25) is 4.79 Å². The number of hydrogen-bond donors (Lipinski definition) is 1. The van der Waals surface area contributed by atoms with Crippen LogP contribution in [-0.4, -0.2) is 42.2 Å². The molecule has 20 heavy (non-hydrogen) atoms. The van der Waals surface area contributed by atoms with Crippen LogP contribution in [0.15, 0.2) is 24.3 Å². The predicted molar refractivity (Wildman–Crippen MR) is 80.0 cm³/mol. The number of hydrogen-bond acceptors (Lipinski definition) is 3. The number of carbonyl (C=O) groups is 1. The molecule has 0 spiro atoms. The molecule has 0 heterocycles. The van der Waals surface area contributed by atoms with Crippen molar-refractivity contribution in [2.24, 2.45) is 0 Å². The van der Waals surface area contributed by atoms with E-state index in [1.165, 1.54) is 5.56 Å². The molecular formula is C16H25NO3. The van der Waals surface area contributed by atoms with Crippen molar-refractivity contribution in [1.29, 1.82) is 0 Å². The van der Waals surface area contributed by atoms with Crippen LogP contribution < -0.4 is 4.74 Å². The van der Waals surface area contributed by atoms with Crippen LogP contribution >= 0.6 is 0 Å². The van der Waals surface area contributed by atoms with Gasteiger partial charge in [0.05, 0.1) is 6.10 Å². The van der Waals surface area contributed by atoms with E-state index < -0.39 is 6.10 Å². The Morgan fingerprint density at radius 1 is 1.25 bits per heavy atom. The summed E-state index contributed by atoms with van der Waals surface area (Å²) in [7, 11) is 1.72. The van der Waals surface area contributed by atoms with E-state index in [2.05, 4.69) is 13.8 Å². The summed E-state index contributed by atoms with van der Waals surface area (Å²) < 4.78 is 5.48. The third-order valence-corrected chi connectivity index (χ3v) is 3.22. The van der Waals surface area contributed by atoms with Gasteiger partial charge in [0.25, 0.3) is 5.91 Å². The average Bonchev–Trinajstić information content (AvgIpc) is 2.42. The molecule has 112 valence electrons. The van der Waals surface area contributed by atoms with Crippen molar-refractivity contribution in [2.75, 3.05) is 20.2 Å². The van der Waals surface area contributed by atoms with Gasteiger partial charge >= 0.3 is 0 Å². The molecule has 1 aromatic carbocycles. The number of carbonyl (C=O) groups excluding carboxylic acids is 1. The van der Waals surface area contributed by atoms with Gasteiger partial charge in [0.2, 0.25) is 0 Å². The minimum absolute atomic E-state index is 0.0251. The Balaban J connectivity index is 2.40. The fourth-order valence-electron chi connectivity index (χ4n) is 1.71. The van der Waals surface area contributed by atoms with Crippen LogP contribution in [0.4, 0.5) is 0 Å². The van der Waals surface area contributed by atoms with E-state index in [9.17, 15) is 9.90 Å². The van der Waals surface area contributed by atoms with Gasteiger partial charge in [0, 0.05) is 13.6 Å². The number of aliphatic hydroxyl groups excluding tert-OH is 1. The maximum Gasteiger partial charge on any atom is 0.260 e. The minimum atomic E-state index is -0.394. The molecule has 1 N–H and O–H groups in total. The van der Waals surface area contributed by atoms with Crippen LogP contribution in [0, 0.1) is 0 Å². The third-order valence-electron chi connectivity index (χ3n) is 3.22. The first-order valence-electron chi connectivity index (χ1n) is 7.05. The molecule has 1 aromatic rings. The molecule has 4 heteroatoms. The molecule has 1 rings (SSSR count). The Kier molecular flexibility index (Phi) is 6.52. The van der Waals surface area contributed by atoms with Gasteiger partial charge in [0.15, 0.2) is 6.61 Å². The quantitative estimate of drug-likeness (QED) is 0.834. The lowest BCUT2D eigenvalue weighted by atomic mass is 10.0. The lowest BCUT2D eigenvalue weighted by Crippen LogP contribution is -2.33. The van der Waals surface area contributed by atoms with Gasteiger partial charge < -0.3 is 14.7 Å². The standard InChI is InChI=1S/C16H25NO3/c1-12(2)14-5-7-15(8-6-14)20-11-16(19)17(4)10-9-13(3)18/h5-8,12-13,18H,9-11H2,1-4H3. The fraction of sp³-hybridized carbons (Fsp3) is 0.562. The van der Waals surface area contributed by atoms with Crippen LogP contribution in [0.3, 0.4) is 0 Å². The monoisotopic (exact) mass is 279 g/mol. The molecule has 4 nitrogen and oxygen atoms in total. The number of aliphatic hydroxyl groups is 1. The molecule has 0 fully saturated rings. The second-order valence-corrected chi connectivity index (χ2v) is 5.47. The van der Waals surface area contributed by atoms with Crippen LogP contribution in [0.25, 0.3) is 0 Å². The molecule has 0 aliphatic heterocycles. The lowest BCUT2D eigenvalue weighted by Gasteiger charge is -2.18. The van der Waals surface area contributed by atoms with Crippen molar-refractivity contribution in [3.8, 4) is 5.75 Å². The number of nitrogens with zero attached hydrogens (tertiary/aromatic N) is 1. The molecule has 0 radical (unpaired) electrons. The Labute approximate surface area is 121 Å². The summed E-state index contributed by atoms with van der Waals surface area (Å²) in [6.07, 6.45) is 0.181. The van der Waals surface area contributed by atoms with E-state index in [0.717, 1.165) is 0 Å². The van der Waals surface area contributed by atoms with Gasteiger partial charge in [-0.25, -0.2) is 0 Å². The minimum Gasteiger partial charge on any atom is -0.484 e. The van der Waals surface area contributed by atoms with E-state index in [1.807, 2.05) is 24.3 Å². The zero-order valence-corrected chi connectivity index (χ0v) is 12.8. The molecule has 0 aliphatic rings. The van der Waals surface area contributed by atoms with Crippen LogP contribution in [0.5, 0.6) is 5.75 Å². The summed E-state index contributed by atoms with van der Waals surface area (Å²) in [5.74, 6) is 1.10. The SMILES string of the molecule is CC(O)CCN(C)C(=O)COc1ccc(C(C)C)cc1. The van der Waals surface area contributed by atoms with E-state index in [4.69, 9.17) is 4.74 Å². The predicted octanol–water partition coefficient (Wildman–Crippen LogP) is 2.42. The second kappa shape index (κ2) is 7.90. The molecule has 1 atom stereocenters. The number of likely N-dealkylation sites (N-methyl/N-ethyl adjacent to an activating group) is 1. The molecule has 0 saturated carbocycles. The zero-order chi connectivity index (χ0) is 15.1. The smallest absolute Gasteiger partial charge is 0.260 e. The van der Waals surface area contributed by atoms with E-state index in [1.54, 1.807) is 18.9 Å². The van der Waals surface area contributed by atoms with Crippen molar-refractivity contribution in [2.45, 2.75) is 39.2 Å². The van der Waals surface area contributed by atoms with Crippen molar-refractivity contribution < 1.29 is 14.6 Å². The normalized spacial score (nSPS) is 12.3. The summed E-state index contributed by atoms with van der Waals surface area (Å²) in [6.45, 7) is 6.54. The van der Waals surface area contributed by atoms with Crippen LogP contribution in [0.1, 0.15) is 38.7 Å². The highest BCUT2D eigenvalue weighted by Gasteiger charge is 2.10. The Morgan fingerprint density at radius 2 is 1.85 bits per heavy atom. The summed E-state index contributed by atoms with van der Waals surface area (Å²) >= 11 is 0. The van der Waals surface area contributed by atoms with Gasteiger partial charge in [-0.05, 0) is 37.0 Å². The van der Waals surface area contributed by atoms with E-state index >= 15 is 0 Å². The first-order valence-corrected chi connectivity index (χ1v) is 7.05. The summed E-state index contributed by atoms with van der Waals surface area (Å²) in [6, 6.07) is 7.81. The summed E-state index contributed by atoms with van der Waals surface area (Å²) in [4.78, 5) is 13.4. The summed E-state index contributed by atoms with van der Waals surface area (Å²) in [5.41, 5.74) is 1.25. The maximum absolute atomic E-state index is 11.8. The molecule has 1 amide bonds. The number of amides is 1. The second-order valence-electron chi connectivity index (χ2n) is 5.47. The zero-order valence-electron chi connectivity index (χ0n) is 12.8. The number of benzene rings is 1. The molecule has 0 aromatic heterocycles. The number of ether oxygens (including phenoxy) is 1. The van der Waals surface area contributed by atoms with Gasteiger partial charge in [-0.1, -0.05) is 26.0 Å². The van der Waals surface area contributed by atoms with Gasteiger partial charge in [-0.15, -0.1) is 0 Å². The molecule has 0 saturated heterocycles. The van der Waals surface area contributed by atoms with Crippen LogP contribution in [-0.2, 0) is 4.79 Å². The third kappa shape index (κ3) is 5.61. The average molecular weight is 279 g/mol. The van der Waals surface area contributed by atoms with Crippen molar-refractivity contribution in [1.82, 2.24) is 4.90 Å². The highest BCUT2D eigenvalue weighted by Crippen LogP contribution is 2.18. The summed E-state index contributed by atoms with van der Waals surface area (Å²) in [5, 5.41) is 9.19. The van der Waals surface area contributed by atoms with Gasteiger partial charge in [-0.2, -0.15) is 0 Å². The Bertz CT molecular complexity index is 412. The molecule has 1 unspecified atom stereocenters. The first-order chi connectivity index (χ1) is 9.40. The van der Waals surface area contributed by atoms with E-state index in [-0.39, 0.29) is 12.5 Å². The molecular weight excluding hydrogens is 254 g/mol.